The van der Waals surface area contributed by atoms with Crippen molar-refractivity contribution in [2.45, 2.75) is 31.5 Å². The van der Waals surface area contributed by atoms with Crippen LogP contribution in [0.25, 0.3) is 0 Å². The first kappa shape index (κ1) is 25.6. The Morgan fingerprint density at radius 3 is 2.58 bits per heavy atom. The van der Waals surface area contributed by atoms with Gasteiger partial charge in [0.15, 0.2) is 17.2 Å². The van der Waals surface area contributed by atoms with Gasteiger partial charge in [-0.25, -0.2) is 4.98 Å². The molecule has 1 saturated carbocycles. The summed E-state index contributed by atoms with van der Waals surface area (Å²) in [7, 11) is 1.60. The lowest BCUT2D eigenvalue weighted by Gasteiger charge is -2.26. The molecule has 3 aromatic rings. The smallest absolute Gasteiger partial charge is 0.435 e. The molecule has 38 heavy (non-hydrogen) atoms. The van der Waals surface area contributed by atoms with Crippen molar-refractivity contribution < 1.29 is 32.2 Å². The number of alkyl halides is 3. The molecule has 1 aliphatic carbocycles. The standard InChI is InChI=1S/C26H26F3N5O4/c1-32-11-12-33(23(35)16-34-19(17-8-9-17)15-22(31-34)26(27,28)29)13-14-37-20-6-2-3-7-21(20)38-24-18(25(32)36)5-4-10-30-24/h2-7,10,15,17H,8-9,11-14,16H2,1H3. The molecule has 3 heterocycles. The summed E-state index contributed by atoms with van der Waals surface area (Å²) in [5.74, 6) is 0.0727. The summed E-state index contributed by atoms with van der Waals surface area (Å²) in [4.78, 5) is 33.7. The number of nitrogens with zero attached hydrogens (tertiary/aromatic N) is 5. The van der Waals surface area contributed by atoms with E-state index < -0.39 is 17.8 Å². The fourth-order valence-electron chi connectivity index (χ4n) is 4.23. The van der Waals surface area contributed by atoms with Gasteiger partial charge in [-0.05, 0) is 43.2 Å². The summed E-state index contributed by atoms with van der Waals surface area (Å²) in [6.07, 6.45) is -1.55. The van der Waals surface area contributed by atoms with E-state index in [0.29, 0.717) is 17.2 Å². The van der Waals surface area contributed by atoms with Gasteiger partial charge >= 0.3 is 6.18 Å². The molecule has 0 bridgehead atoms. The number of halogens is 3. The highest BCUT2D eigenvalue weighted by molar-refractivity contribution is 5.96. The number of para-hydroxylation sites is 2. The fourth-order valence-corrected chi connectivity index (χ4v) is 4.23. The lowest BCUT2D eigenvalue weighted by molar-refractivity contribution is -0.142. The van der Waals surface area contributed by atoms with Crippen LogP contribution in [0.5, 0.6) is 17.4 Å². The molecule has 5 rings (SSSR count). The number of pyridine rings is 1. The van der Waals surface area contributed by atoms with Gasteiger partial charge in [0.1, 0.15) is 18.7 Å². The van der Waals surface area contributed by atoms with E-state index in [2.05, 4.69) is 10.1 Å². The molecular weight excluding hydrogens is 503 g/mol. The highest BCUT2D eigenvalue weighted by Crippen LogP contribution is 2.42. The SMILES string of the molecule is CN1CCN(C(=O)Cn2nc(C(F)(F)F)cc2C2CC2)CCOc2ccccc2Oc2ncccc2C1=O. The Balaban J connectivity index is 1.40. The second-order valence-corrected chi connectivity index (χ2v) is 9.24. The predicted octanol–water partition coefficient (Wildman–Crippen LogP) is 3.96. The van der Waals surface area contributed by atoms with Gasteiger partial charge in [-0.3, -0.25) is 14.3 Å². The highest BCUT2D eigenvalue weighted by Gasteiger charge is 2.38. The van der Waals surface area contributed by atoms with E-state index >= 15 is 0 Å². The average molecular weight is 530 g/mol. The van der Waals surface area contributed by atoms with Crippen LogP contribution in [-0.4, -0.2) is 69.7 Å². The molecule has 1 aromatic carbocycles. The molecule has 0 spiro atoms. The van der Waals surface area contributed by atoms with Crippen molar-refractivity contribution in [2.24, 2.45) is 0 Å². The Bertz CT molecular complexity index is 1340. The Hall–Kier alpha value is -4.09. The van der Waals surface area contributed by atoms with Crippen LogP contribution in [0.1, 0.15) is 40.5 Å². The minimum Gasteiger partial charge on any atom is -0.488 e. The van der Waals surface area contributed by atoms with E-state index in [0.717, 1.165) is 23.6 Å². The zero-order valence-electron chi connectivity index (χ0n) is 20.6. The van der Waals surface area contributed by atoms with E-state index in [9.17, 15) is 22.8 Å². The Morgan fingerprint density at radius 1 is 1.08 bits per heavy atom. The molecule has 0 saturated heterocycles. The van der Waals surface area contributed by atoms with E-state index in [-0.39, 0.29) is 56.1 Å². The number of carbonyl (C=O) groups is 2. The van der Waals surface area contributed by atoms with Gasteiger partial charge in [-0.2, -0.15) is 18.3 Å². The minimum atomic E-state index is -4.60. The molecule has 0 unspecified atom stereocenters. The monoisotopic (exact) mass is 529 g/mol. The topological polar surface area (TPSA) is 89.8 Å². The Labute approximate surface area is 216 Å². The predicted molar refractivity (Wildman–Crippen MR) is 129 cm³/mol. The number of rotatable bonds is 3. The third kappa shape index (κ3) is 5.58. The van der Waals surface area contributed by atoms with Crippen LogP contribution in [0.4, 0.5) is 13.2 Å². The number of likely N-dealkylation sites (N-methyl/N-ethyl adjacent to an activating group) is 1. The van der Waals surface area contributed by atoms with Gasteiger partial charge in [-0.1, -0.05) is 12.1 Å². The lowest BCUT2D eigenvalue weighted by atomic mass is 10.2. The van der Waals surface area contributed by atoms with Gasteiger partial charge in [-0.15, -0.1) is 0 Å². The van der Waals surface area contributed by atoms with Crippen LogP contribution >= 0.6 is 0 Å². The molecule has 0 N–H and O–H groups in total. The highest BCUT2D eigenvalue weighted by atomic mass is 19.4. The Morgan fingerprint density at radius 2 is 1.84 bits per heavy atom. The molecule has 200 valence electrons. The van der Waals surface area contributed by atoms with Crippen molar-refractivity contribution in [3.8, 4) is 17.4 Å². The quantitative estimate of drug-likeness (QED) is 0.510. The first-order chi connectivity index (χ1) is 18.2. The summed E-state index contributed by atoms with van der Waals surface area (Å²) in [5, 5.41) is 3.70. The molecule has 9 nitrogen and oxygen atoms in total. The van der Waals surface area contributed by atoms with Crippen molar-refractivity contribution in [1.82, 2.24) is 24.6 Å². The minimum absolute atomic E-state index is 0.0290. The second kappa shape index (κ2) is 10.3. The molecular formula is C26H26F3N5O4. The molecule has 2 aliphatic rings. The largest absolute Gasteiger partial charge is 0.488 e. The maximum atomic E-state index is 13.3. The number of hydrogen-bond donors (Lipinski definition) is 0. The van der Waals surface area contributed by atoms with Crippen LogP contribution in [0, 0.1) is 0 Å². The molecule has 2 amide bonds. The van der Waals surface area contributed by atoms with Crippen LogP contribution in [-0.2, 0) is 17.5 Å². The zero-order valence-corrected chi connectivity index (χ0v) is 20.6. The van der Waals surface area contributed by atoms with Gasteiger partial charge in [0.2, 0.25) is 11.8 Å². The summed E-state index contributed by atoms with van der Waals surface area (Å²) in [5.41, 5.74) is -0.350. The number of hydrogen-bond acceptors (Lipinski definition) is 6. The van der Waals surface area contributed by atoms with Gasteiger partial charge < -0.3 is 19.3 Å². The number of carbonyl (C=O) groups excluding carboxylic acids is 2. The molecule has 0 radical (unpaired) electrons. The van der Waals surface area contributed by atoms with Crippen LogP contribution in [0.3, 0.4) is 0 Å². The van der Waals surface area contributed by atoms with Crippen molar-refractivity contribution in [3.63, 3.8) is 0 Å². The number of ether oxygens (including phenoxy) is 2. The first-order valence-electron chi connectivity index (χ1n) is 12.2. The molecule has 2 aromatic heterocycles. The van der Waals surface area contributed by atoms with Crippen molar-refractivity contribution in [3.05, 3.63) is 65.6 Å². The van der Waals surface area contributed by atoms with Gasteiger partial charge in [0.25, 0.3) is 5.91 Å². The number of amides is 2. The maximum Gasteiger partial charge on any atom is 0.435 e. The van der Waals surface area contributed by atoms with Crippen LogP contribution in [0.2, 0.25) is 0 Å². The molecule has 1 aliphatic heterocycles. The zero-order chi connectivity index (χ0) is 26.9. The summed E-state index contributed by atoms with van der Waals surface area (Å²) >= 11 is 0. The number of fused-ring (bicyclic) bond motifs is 2. The van der Waals surface area contributed by atoms with Gasteiger partial charge in [0, 0.05) is 37.9 Å². The van der Waals surface area contributed by atoms with E-state index in [1.807, 2.05) is 0 Å². The third-order valence-corrected chi connectivity index (χ3v) is 6.46. The second-order valence-electron chi connectivity index (χ2n) is 9.24. The summed E-state index contributed by atoms with van der Waals surface area (Å²) in [6, 6.07) is 11.1. The van der Waals surface area contributed by atoms with E-state index in [1.165, 1.54) is 16.0 Å². The third-order valence-electron chi connectivity index (χ3n) is 6.46. The average Bonchev–Trinajstić information content (AvgIpc) is 3.64. The Kier molecular flexibility index (Phi) is 6.96. The molecule has 0 atom stereocenters. The van der Waals surface area contributed by atoms with Crippen molar-refractivity contribution >= 4 is 11.8 Å². The lowest BCUT2D eigenvalue weighted by Crippen LogP contribution is -2.42. The van der Waals surface area contributed by atoms with Crippen LogP contribution < -0.4 is 9.47 Å². The van der Waals surface area contributed by atoms with E-state index in [4.69, 9.17) is 9.47 Å². The summed E-state index contributed by atoms with van der Waals surface area (Å²) in [6.45, 7) is 0.225. The van der Waals surface area contributed by atoms with Crippen molar-refractivity contribution in [2.75, 3.05) is 33.3 Å². The van der Waals surface area contributed by atoms with Crippen molar-refractivity contribution in [1.29, 1.82) is 0 Å². The number of benzene rings is 1. The normalized spacial score (nSPS) is 16.8. The molecule has 12 heteroatoms. The summed E-state index contributed by atoms with van der Waals surface area (Å²) < 4.78 is 52.9. The molecule has 1 fully saturated rings. The fraction of sp³-hybridized carbons (Fsp3) is 0.385. The number of aromatic nitrogens is 3. The van der Waals surface area contributed by atoms with E-state index in [1.54, 1.807) is 43.4 Å². The van der Waals surface area contributed by atoms with Gasteiger partial charge in [0.05, 0.1) is 6.54 Å². The maximum absolute atomic E-state index is 13.3. The first-order valence-corrected chi connectivity index (χ1v) is 12.2. The van der Waals surface area contributed by atoms with Crippen LogP contribution in [0.15, 0.2) is 48.7 Å².